The number of benzene rings is 2. The van der Waals surface area contributed by atoms with Gasteiger partial charge in [-0.3, -0.25) is 9.59 Å². The van der Waals surface area contributed by atoms with Crippen molar-refractivity contribution < 1.29 is 14.3 Å². The molecule has 40 heavy (non-hydrogen) atoms. The van der Waals surface area contributed by atoms with Crippen LogP contribution in [0.1, 0.15) is 61.6 Å². The number of halogens is 1. The highest BCUT2D eigenvalue weighted by molar-refractivity contribution is 6.31. The van der Waals surface area contributed by atoms with Crippen molar-refractivity contribution in [2.24, 2.45) is 7.05 Å². The first-order chi connectivity index (χ1) is 19.3. The predicted molar refractivity (Wildman–Crippen MR) is 159 cm³/mol. The van der Waals surface area contributed by atoms with Crippen molar-refractivity contribution in [3.63, 3.8) is 0 Å². The fourth-order valence-corrected chi connectivity index (χ4v) is 5.73. The molecule has 8 heteroatoms. The van der Waals surface area contributed by atoms with Gasteiger partial charge in [0.15, 0.2) is 0 Å². The Labute approximate surface area is 241 Å². The van der Waals surface area contributed by atoms with E-state index in [1.54, 1.807) is 28.8 Å². The van der Waals surface area contributed by atoms with Crippen LogP contribution in [0.5, 0.6) is 0 Å². The van der Waals surface area contributed by atoms with Crippen LogP contribution in [0.2, 0.25) is 5.02 Å². The van der Waals surface area contributed by atoms with Crippen LogP contribution in [-0.4, -0.2) is 47.7 Å². The van der Waals surface area contributed by atoms with E-state index >= 15 is 0 Å². The van der Waals surface area contributed by atoms with Crippen LogP contribution < -0.4 is 10.9 Å². The van der Waals surface area contributed by atoms with Crippen molar-refractivity contribution in [3.8, 4) is 11.1 Å². The number of pyridine rings is 1. The van der Waals surface area contributed by atoms with Crippen molar-refractivity contribution >= 4 is 23.6 Å². The maximum Gasteiger partial charge on any atom is 0.409 e. The highest BCUT2D eigenvalue weighted by atomic mass is 35.5. The van der Waals surface area contributed by atoms with E-state index in [0.29, 0.717) is 44.1 Å². The summed E-state index contributed by atoms with van der Waals surface area (Å²) in [6.07, 6.45) is 4.69. The molecule has 0 spiro atoms. The van der Waals surface area contributed by atoms with Crippen LogP contribution >= 0.6 is 11.6 Å². The number of aryl methyl sites for hydroxylation is 1. The number of amides is 2. The molecular formula is C32H38ClN3O4. The highest BCUT2D eigenvalue weighted by Crippen LogP contribution is 2.43. The first-order valence-corrected chi connectivity index (χ1v) is 14.4. The quantitative estimate of drug-likeness (QED) is 0.329. The molecule has 212 valence electrons. The zero-order valence-electron chi connectivity index (χ0n) is 23.5. The molecule has 7 nitrogen and oxygen atoms in total. The summed E-state index contributed by atoms with van der Waals surface area (Å²) in [5, 5.41) is 3.48. The van der Waals surface area contributed by atoms with E-state index in [9.17, 15) is 14.4 Å². The van der Waals surface area contributed by atoms with Gasteiger partial charge in [-0.1, -0.05) is 61.3 Å². The summed E-state index contributed by atoms with van der Waals surface area (Å²) in [6, 6.07) is 17.9. The second kappa shape index (κ2) is 13.7. The first kappa shape index (κ1) is 29.4. The molecule has 1 aliphatic rings. The van der Waals surface area contributed by atoms with Gasteiger partial charge in [-0.25, -0.2) is 4.79 Å². The van der Waals surface area contributed by atoms with Gasteiger partial charge in [-0.2, -0.15) is 0 Å². The van der Waals surface area contributed by atoms with Crippen molar-refractivity contribution in [1.82, 2.24) is 14.8 Å². The van der Waals surface area contributed by atoms with Crippen LogP contribution in [0, 0.1) is 0 Å². The van der Waals surface area contributed by atoms with E-state index in [1.807, 2.05) is 30.3 Å². The molecule has 1 fully saturated rings. The summed E-state index contributed by atoms with van der Waals surface area (Å²) in [5.74, 6) is -0.121. The Balaban J connectivity index is 1.65. The lowest BCUT2D eigenvalue weighted by atomic mass is 9.76. The van der Waals surface area contributed by atoms with Gasteiger partial charge in [-0.15, -0.1) is 0 Å². The van der Waals surface area contributed by atoms with Crippen LogP contribution in [0.4, 0.5) is 4.79 Å². The van der Waals surface area contributed by atoms with Crippen molar-refractivity contribution in [1.29, 1.82) is 0 Å². The number of carbonyl (C=O) groups is 2. The number of ether oxygens (including phenoxy) is 1. The lowest BCUT2D eigenvalue weighted by Gasteiger charge is -2.39. The molecule has 0 saturated carbocycles. The minimum absolute atomic E-state index is 0.0295. The fourth-order valence-electron chi connectivity index (χ4n) is 5.41. The van der Waals surface area contributed by atoms with E-state index in [1.165, 1.54) is 6.92 Å². The Kier molecular flexibility index (Phi) is 10.0. The average Bonchev–Trinajstić information content (AvgIpc) is 2.94. The molecular weight excluding hydrogens is 526 g/mol. The molecule has 0 aliphatic carbocycles. The smallest absolute Gasteiger partial charge is 0.409 e. The van der Waals surface area contributed by atoms with Gasteiger partial charge >= 0.3 is 6.09 Å². The second-order valence-corrected chi connectivity index (χ2v) is 10.9. The van der Waals surface area contributed by atoms with Gasteiger partial charge in [0.25, 0.3) is 5.56 Å². The Hall–Kier alpha value is -3.58. The standard InChI is InChI=1S/C32H38ClN3O4/c1-4-5-18-40-32(39)36-17-14-27(25-13-16-35(3)31(38)20-25)29(21-36)28-11-10-24(19-30(28)33)26-9-7-6-8-23(26)12-15-34-22(2)37/h6-11,13,16,19-20,27,29H,4-5,12,14-15,17-18,21H2,1-3H3,(H,34,37). The predicted octanol–water partition coefficient (Wildman–Crippen LogP) is 5.89. The summed E-state index contributed by atoms with van der Waals surface area (Å²) < 4.78 is 7.08. The number of nitrogens with zero attached hydrogens (tertiary/aromatic N) is 2. The van der Waals surface area contributed by atoms with Crippen LogP contribution in [0.25, 0.3) is 11.1 Å². The van der Waals surface area contributed by atoms with Gasteiger partial charge < -0.3 is 19.5 Å². The normalized spacial score (nSPS) is 16.9. The van der Waals surface area contributed by atoms with Crippen LogP contribution in [-0.2, 0) is 23.0 Å². The zero-order valence-corrected chi connectivity index (χ0v) is 24.2. The number of hydrogen-bond acceptors (Lipinski definition) is 4. The second-order valence-electron chi connectivity index (χ2n) is 10.5. The largest absolute Gasteiger partial charge is 0.449 e. The molecule has 2 aromatic carbocycles. The number of hydrogen-bond donors (Lipinski definition) is 1. The molecule has 0 radical (unpaired) electrons. The maximum absolute atomic E-state index is 12.9. The van der Waals surface area contributed by atoms with Crippen molar-refractivity contribution in [2.45, 2.75) is 51.4 Å². The summed E-state index contributed by atoms with van der Waals surface area (Å²) in [6.45, 7) is 5.55. The monoisotopic (exact) mass is 563 g/mol. The third-order valence-corrected chi connectivity index (χ3v) is 7.97. The van der Waals surface area contributed by atoms with Crippen molar-refractivity contribution in [2.75, 3.05) is 26.2 Å². The van der Waals surface area contributed by atoms with Gasteiger partial charge in [0.1, 0.15) is 0 Å². The zero-order chi connectivity index (χ0) is 28.6. The molecule has 4 rings (SSSR count). The highest BCUT2D eigenvalue weighted by Gasteiger charge is 2.35. The Morgan fingerprint density at radius 2 is 1.90 bits per heavy atom. The van der Waals surface area contributed by atoms with Gasteiger partial charge in [0, 0.05) is 56.8 Å². The van der Waals surface area contributed by atoms with E-state index in [4.69, 9.17) is 16.3 Å². The number of unbranched alkanes of at least 4 members (excludes halogenated alkanes) is 1. The molecule has 1 aromatic heterocycles. The number of piperidine rings is 1. The van der Waals surface area contributed by atoms with Crippen LogP contribution in [0.3, 0.4) is 0 Å². The minimum atomic E-state index is -0.304. The van der Waals surface area contributed by atoms with E-state index in [-0.39, 0.29) is 29.4 Å². The SMILES string of the molecule is CCCCOC(=O)N1CCC(c2ccn(C)c(=O)c2)C(c2ccc(-c3ccccc3CCNC(C)=O)cc2Cl)C1. The Bertz CT molecular complexity index is 1400. The molecule has 1 aliphatic heterocycles. The molecule has 3 aromatic rings. The van der Waals surface area contributed by atoms with Crippen molar-refractivity contribution in [3.05, 3.63) is 92.9 Å². The van der Waals surface area contributed by atoms with Gasteiger partial charge in [-0.05, 0) is 65.1 Å². The molecule has 0 bridgehead atoms. The number of rotatable bonds is 9. The number of aromatic nitrogens is 1. The molecule has 1 saturated heterocycles. The average molecular weight is 564 g/mol. The number of carbonyl (C=O) groups excluding carboxylic acids is 2. The molecule has 2 unspecified atom stereocenters. The Morgan fingerprint density at radius 3 is 2.62 bits per heavy atom. The molecule has 2 atom stereocenters. The maximum atomic E-state index is 12.9. The van der Waals surface area contributed by atoms with Crippen LogP contribution in [0.15, 0.2) is 65.6 Å². The summed E-state index contributed by atoms with van der Waals surface area (Å²) in [5.41, 5.74) is 5.01. The topological polar surface area (TPSA) is 80.6 Å². The Morgan fingerprint density at radius 1 is 1.10 bits per heavy atom. The van der Waals surface area contributed by atoms with E-state index in [2.05, 4.69) is 30.4 Å². The van der Waals surface area contributed by atoms with Gasteiger partial charge in [0.05, 0.1) is 6.61 Å². The summed E-state index contributed by atoms with van der Waals surface area (Å²) in [4.78, 5) is 38.5. The van der Waals surface area contributed by atoms with E-state index < -0.39 is 0 Å². The fraction of sp³-hybridized carbons (Fsp3) is 0.406. The number of nitrogens with one attached hydrogen (secondary N) is 1. The lowest BCUT2D eigenvalue weighted by Crippen LogP contribution is -2.42. The third kappa shape index (κ3) is 7.13. The molecule has 2 heterocycles. The molecule has 1 N–H and O–H groups in total. The summed E-state index contributed by atoms with van der Waals surface area (Å²) in [7, 11) is 1.74. The summed E-state index contributed by atoms with van der Waals surface area (Å²) >= 11 is 6.99. The minimum Gasteiger partial charge on any atom is -0.449 e. The lowest BCUT2D eigenvalue weighted by molar-refractivity contribution is -0.118. The van der Waals surface area contributed by atoms with E-state index in [0.717, 1.165) is 40.7 Å². The van der Waals surface area contributed by atoms with Gasteiger partial charge in [0.2, 0.25) is 5.91 Å². The number of likely N-dealkylation sites (tertiary alicyclic amines) is 1. The first-order valence-electron chi connectivity index (χ1n) is 14.0. The molecule has 2 amide bonds. The third-order valence-electron chi connectivity index (χ3n) is 7.65.